The summed E-state index contributed by atoms with van der Waals surface area (Å²) in [5.74, 6) is 0.0131. The van der Waals surface area contributed by atoms with Crippen LogP contribution < -0.4 is 15.5 Å². The zero-order valence-electron chi connectivity index (χ0n) is 14.8. The third-order valence-electron chi connectivity index (χ3n) is 3.84. The van der Waals surface area contributed by atoms with E-state index in [0.717, 1.165) is 10.8 Å². The van der Waals surface area contributed by atoms with Crippen molar-refractivity contribution in [3.05, 3.63) is 77.9 Å². The quantitative estimate of drug-likeness (QED) is 0.232. The van der Waals surface area contributed by atoms with E-state index in [4.69, 9.17) is 17.0 Å². The van der Waals surface area contributed by atoms with Gasteiger partial charge in [-0.3, -0.25) is 5.43 Å². The summed E-state index contributed by atoms with van der Waals surface area (Å²) in [6.45, 7) is 2.65. The van der Waals surface area contributed by atoms with Gasteiger partial charge in [-0.2, -0.15) is 5.10 Å². The third-order valence-corrected chi connectivity index (χ3v) is 4.08. The number of hydrogen-bond acceptors (Lipinski definition) is 4. The van der Waals surface area contributed by atoms with E-state index in [-0.39, 0.29) is 0 Å². The third kappa shape index (κ3) is 4.68. The molecule has 0 aliphatic carbocycles. The molecule has 0 spiro atoms. The minimum atomic E-state index is -0.420. The molecule has 0 saturated heterocycles. The molecule has 0 aliphatic heterocycles. The highest BCUT2D eigenvalue weighted by atomic mass is 32.1. The molecule has 27 heavy (non-hydrogen) atoms. The Kier molecular flexibility index (Phi) is 6.12. The molecule has 0 saturated carbocycles. The number of fused-ring (bicyclic) bond motifs is 1. The first-order valence-electron chi connectivity index (χ1n) is 8.55. The summed E-state index contributed by atoms with van der Waals surface area (Å²) in [5, 5.41) is 9.51. The molecule has 0 bridgehead atoms. The van der Waals surface area contributed by atoms with Gasteiger partial charge >= 0.3 is 5.97 Å². The van der Waals surface area contributed by atoms with E-state index in [1.807, 2.05) is 43.3 Å². The number of hydrogen-bond donors (Lipinski definition) is 2. The SMILES string of the molecule is CCNC(=S)NN=Cc1c(OC(=O)c2ccccc2)ccc2ccccc12. The number of rotatable bonds is 5. The highest BCUT2D eigenvalue weighted by molar-refractivity contribution is 7.80. The van der Waals surface area contributed by atoms with Crippen molar-refractivity contribution in [3.63, 3.8) is 0 Å². The van der Waals surface area contributed by atoms with Gasteiger partial charge in [-0.15, -0.1) is 0 Å². The highest BCUT2D eigenvalue weighted by Crippen LogP contribution is 2.27. The van der Waals surface area contributed by atoms with E-state index >= 15 is 0 Å². The summed E-state index contributed by atoms with van der Waals surface area (Å²) in [6.07, 6.45) is 1.61. The topological polar surface area (TPSA) is 62.7 Å². The minimum absolute atomic E-state index is 0.420. The fourth-order valence-corrected chi connectivity index (χ4v) is 2.78. The second-order valence-electron chi connectivity index (χ2n) is 5.68. The molecule has 0 aromatic heterocycles. The van der Waals surface area contributed by atoms with E-state index < -0.39 is 5.97 Å². The normalized spacial score (nSPS) is 10.7. The van der Waals surface area contributed by atoms with E-state index in [0.29, 0.717) is 28.5 Å². The zero-order chi connectivity index (χ0) is 19.1. The molecule has 0 radical (unpaired) electrons. The number of thiocarbonyl (C=S) groups is 1. The number of ether oxygens (including phenoxy) is 1. The smallest absolute Gasteiger partial charge is 0.343 e. The number of nitrogens with one attached hydrogen (secondary N) is 2. The maximum absolute atomic E-state index is 12.5. The molecule has 2 N–H and O–H groups in total. The molecular weight excluding hydrogens is 358 g/mol. The standard InChI is InChI=1S/C21H19N3O2S/c1-2-22-21(27)24-23-14-18-17-11-7-6-8-15(17)12-13-19(18)26-20(25)16-9-4-3-5-10-16/h3-14H,2H2,1H3,(H2,22,24,27). The summed E-state index contributed by atoms with van der Waals surface area (Å²) in [7, 11) is 0. The molecule has 6 heteroatoms. The Morgan fingerprint density at radius 1 is 1.07 bits per heavy atom. The Morgan fingerprint density at radius 3 is 2.59 bits per heavy atom. The summed E-state index contributed by atoms with van der Waals surface area (Å²) in [5.41, 5.74) is 3.94. The van der Waals surface area contributed by atoms with Gasteiger partial charge in [0.1, 0.15) is 5.75 Å². The lowest BCUT2D eigenvalue weighted by molar-refractivity contribution is 0.0735. The molecular formula is C21H19N3O2S. The van der Waals surface area contributed by atoms with Gasteiger partial charge in [0, 0.05) is 12.1 Å². The lowest BCUT2D eigenvalue weighted by Crippen LogP contribution is -2.31. The fraction of sp³-hybridized carbons (Fsp3) is 0.0952. The Bertz CT molecular complexity index is 987. The van der Waals surface area contributed by atoms with E-state index in [9.17, 15) is 4.79 Å². The lowest BCUT2D eigenvalue weighted by atomic mass is 10.0. The monoisotopic (exact) mass is 377 g/mol. The van der Waals surface area contributed by atoms with Crippen molar-refractivity contribution in [3.8, 4) is 5.75 Å². The van der Waals surface area contributed by atoms with E-state index in [1.54, 1.807) is 36.5 Å². The van der Waals surface area contributed by atoms with Crippen molar-refractivity contribution in [2.24, 2.45) is 5.10 Å². The van der Waals surface area contributed by atoms with Crippen molar-refractivity contribution in [2.45, 2.75) is 6.92 Å². The lowest BCUT2D eigenvalue weighted by Gasteiger charge is -2.11. The van der Waals surface area contributed by atoms with Crippen molar-refractivity contribution in [1.29, 1.82) is 0 Å². The highest BCUT2D eigenvalue weighted by Gasteiger charge is 2.13. The maximum atomic E-state index is 12.5. The average molecular weight is 377 g/mol. The Balaban J connectivity index is 1.93. The predicted octanol–water partition coefficient (Wildman–Crippen LogP) is 3.88. The van der Waals surface area contributed by atoms with Gasteiger partial charge in [0.25, 0.3) is 0 Å². The van der Waals surface area contributed by atoms with Crippen LogP contribution in [-0.2, 0) is 0 Å². The summed E-state index contributed by atoms with van der Waals surface area (Å²) < 4.78 is 5.64. The van der Waals surface area contributed by atoms with Gasteiger partial charge in [0.2, 0.25) is 0 Å². The van der Waals surface area contributed by atoms with Crippen molar-refractivity contribution in [1.82, 2.24) is 10.7 Å². The number of esters is 1. The van der Waals surface area contributed by atoms with Crippen LogP contribution >= 0.6 is 12.2 Å². The largest absolute Gasteiger partial charge is 0.422 e. The first-order chi connectivity index (χ1) is 13.2. The molecule has 136 valence electrons. The van der Waals surface area contributed by atoms with Crippen molar-refractivity contribution in [2.75, 3.05) is 6.54 Å². The summed E-state index contributed by atoms with van der Waals surface area (Å²) in [6, 6.07) is 20.4. The van der Waals surface area contributed by atoms with Crippen LogP contribution in [0, 0.1) is 0 Å². The Hall–Kier alpha value is -3.25. The zero-order valence-corrected chi connectivity index (χ0v) is 15.6. The number of carbonyl (C=O) groups is 1. The first-order valence-corrected chi connectivity index (χ1v) is 8.95. The molecule has 0 unspecified atom stereocenters. The molecule has 0 aliphatic rings. The van der Waals surface area contributed by atoms with Crippen LogP contribution in [0.15, 0.2) is 71.8 Å². The second kappa shape index (κ2) is 8.91. The molecule has 3 rings (SSSR count). The van der Waals surface area contributed by atoms with Crippen molar-refractivity contribution < 1.29 is 9.53 Å². The fourth-order valence-electron chi connectivity index (χ4n) is 2.59. The van der Waals surface area contributed by atoms with E-state index in [2.05, 4.69) is 15.8 Å². The maximum Gasteiger partial charge on any atom is 0.343 e. The molecule has 0 amide bonds. The molecule has 3 aromatic rings. The summed E-state index contributed by atoms with van der Waals surface area (Å²) in [4.78, 5) is 12.5. The van der Waals surface area contributed by atoms with Crippen LogP contribution in [0.3, 0.4) is 0 Å². The van der Waals surface area contributed by atoms with Gasteiger partial charge in [0.05, 0.1) is 11.8 Å². The van der Waals surface area contributed by atoms with Crippen LogP contribution in [-0.4, -0.2) is 23.8 Å². The van der Waals surface area contributed by atoms with Gasteiger partial charge in [-0.1, -0.05) is 48.5 Å². The summed E-state index contributed by atoms with van der Waals surface area (Å²) >= 11 is 5.11. The van der Waals surface area contributed by atoms with E-state index in [1.165, 1.54) is 0 Å². The number of carbonyl (C=O) groups excluding carboxylic acids is 1. The van der Waals surface area contributed by atoms with Crippen LogP contribution in [0.4, 0.5) is 0 Å². The van der Waals surface area contributed by atoms with Gasteiger partial charge in [0.15, 0.2) is 5.11 Å². The van der Waals surface area contributed by atoms with Crippen molar-refractivity contribution >= 4 is 40.3 Å². The van der Waals surface area contributed by atoms with Gasteiger partial charge in [-0.25, -0.2) is 4.79 Å². The molecule has 0 atom stereocenters. The molecule has 5 nitrogen and oxygen atoms in total. The molecule has 3 aromatic carbocycles. The number of hydrazone groups is 1. The second-order valence-corrected chi connectivity index (χ2v) is 6.09. The molecule has 0 fully saturated rings. The van der Waals surface area contributed by atoms with Gasteiger partial charge in [-0.05, 0) is 48.1 Å². The van der Waals surface area contributed by atoms with Crippen LogP contribution in [0.25, 0.3) is 10.8 Å². The van der Waals surface area contributed by atoms with Crippen LogP contribution in [0.5, 0.6) is 5.75 Å². The van der Waals surface area contributed by atoms with Gasteiger partial charge < -0.3 is 10.1 Å². The van der Waals surface area contributed by atoms with Crippen LogP contribution in [0.2, 0.25) is 0 Å². The number of nitrogens with zero attached hydrogens (tertiary/aromatic N) is 1. The number of benzene rings is 3. The molecule has 0 heterocycles. The first kappa shape index (κ1) is 18.5. The average Bonchev–Trinajstić information content (AvgIpc) is 2.70. The van der Waals surface area contributed by atoms with Crippen LogP contribution in [0.1, 0.15) is 22.8 Å². The Morgan fingerprint density at radius 2 is 1.81 bits per heavy atom. The Labute approximate surface area is 163 Å². The predicted molar refractivity (Wildman–Crippen MR) is 112 cm³/mol. The minimum Gasteiger partial charge on any atom is -0.422 e.